The molecule has 0 saturated heterocycles. The number of nitrogens with two attached hydrogens (primary N) is 2. The Hall–Kier alpha value is -1.13. The average molecular weight is 276 g/mol. The minimum Gasteiger partial charge on any atom is -0.398 e. The Kier molecular flexibility index (Phi) is 5.00. The molecule has 1 aromatic rings. The number of hydrogen-bond donors (Lipinski definition) is 2. The second kappa shape index (κ2) is 6.55. The molecule has 20 heavy (non-hydrogen) atoms. The Balaban J connectivity index is 2.18. The summed E-state index contributed by atoms with van der Waals surface area (Å²) in [4.78, 5) is 6.52. The first-order valence-corrected chi connectivity index (χ1v) is 7.67. The molecule has 112 valence electrons. The van der Waals surface area contributed by atoms with Crippen LogP contribution in [0, 0.1) is 0 Å². The molecule has 1 unspecified atom stereocenters. The molecule has 4 nitrogen and oxygen atoms in total. The van der Waals surface area contributed by atoms with Crippen LogP contribution in [0.2, 0.25) is 0 Å². The molecule has 0 spiro atoms. The number of pyridine rings is 1. The van der Waals surface area contributed by atoms with E-state index in [1.54, 1.807) is 6.20 Å². The van der Waals surface area contributed by atoms with Crippen LogP contribution >= 0.6 is 0 Å². The molecule has 1 aromatic heterocycles. The molecule has 1 heterocycles. The Labute approximate surface area is 122 Å². The minimum atomic E-state index is 0.0960. The van der Waals surface area contributed by atoms with E-state index in [0.29, 0.717) is 0 Å². The third kappa shape index (κ3) is 3.13. The van der Waals surface area contributed by atoms with Gasteiger partial charge in [-0.2, -0.15) is 0 Å². The van der Waals surface area contributed by atoms with Gasteiger partial charge in [-0.1, -0.05) is 25.7 Å². The zero-order chi connectivity index (χ0) is 14.6. The summed E-state index contributed by atoms with van der Waals surface area (Å²) in [7, 11) is 4.33. The lowest BCUT2D eigenvalue weighted by molar-refractivity contribution is 0.0968. The maximum atomic E-state index is 6.63. The quantitative estimate of drug-likeness (QED) is 0.827. The van der Waals surface area contributed by atoms with Gasteiger partial charge in [0.25, 0.3) is 0 Å². The van der Waals surface area contributed by atoms with Crippen molar-refractivity contribution in [3.8, 4) is 0 Å². The predicted molar refractivity (Wildman–Crippen MR) is 84.4 cm³/mol. The molecule has 0 amide bonds. The fourth-order valence-corrected chi connectivity index (χ4v) is 3.53. The van der Waals surface area contributed by atoms with Crippen molar-refractivity contribution in [2.24, 2.45) is 5.73 Å². The molecule has 2 rings (SSSR count). The van der Waals surface area contributed by atoms with Crippen LogP contribution in [0.3, 0.4) is 0 Å². The Morgan fingerprint density at radius 2 is 1.90 bits per heavy atom. The molecule has 0 aliphatic heterocycles. The van der Waals surface area contributed by atoms with Crippen LogP contribution < -0.4 is 11.5 Å². The van der Waals surface area contributed by atoms with Gasteiger partial charge in [-0.25, -0.2) is 0 Å². The second-order valence-electron chi connectivity index (χ2n) is 6.30. The predicted octanol–water partition coefficient (Wildman–Crippen LogP) is 2.19. The summed E-state index contributed by atoms with van der Waals surface area (Å²) in [6.45, 7) is 0. The molecule has 1 fully saturated rings. The van der Waals surface area contributed by atoms with Gasteiger partial charge in [0.05, 0.1) is 0 Å². The molecular weight excluding hydrogens is 248 g/mol. The van der Waals surface area contributed by atoms with E-state index in [2.05, 4.69) is 24.0 Å². The van der Waals surface area contributed by atoms with Crippen LogP contribution in [0.4, 0.5) is 5.69 Å². The maximum absolute atomic E-state index is 6.63. The fourth-order valence-electron chi connectivity index (χ4n) is 3.53. The molecule has 4 N–H and O–H groups in total. The van der Waals surface area contributed by atoms with Gasteiger partial charge in [-0.05, 0) is 45.0 Å². The van der Waals surface area contributed by atoms with Crippen LogP contribution in [-0.4, -0.2) is 35.6 Å². The third-order valence-electron chi connectivity index (χ3n) is 4.93. The SMILES string of the molecule is CN(C)C1(C(N)Cc2cnccc2N)CCCCCC1. The van der Waals surface area contributed by atoms with Gasteiger partial charge in [0.2, 0.25) is 0 Å². The molecule has 1 saturated carbocycles. The number of hydrogen-bond acceptors (Lipinski definition) is 4. The lowest BCUT2D eigenvalue weighted by atomic mass is 9.79. The highest BCUT2D eigenvalue weighted by molar-refractivity contribution is 5.44. The van der Waals surface area contributed by atoms with Crippen molar-refractivity contribution >= 4 is 5.69 Å². The highest BCUT2D eigenvalue weighted by Gasteiger charge is 2.39. The van der Waals surface area contributed by atoms with Crippen molar-refractivity contribution in [1.82, 2.24) is 9.88 Å². The summed E-state index contributed by atoms with van der Waals surface area (Å²) in [5.41, 5.74) is 14.6. The van der Waals surface area contributed by atoms with Gasteiger partial charge in [-0.15, -0.1) is 0 Å². The van der Waals surface area contributed by atoms with Crippen LogP contribution in [0.1, 0.15) is 44.1 Å². The largest absolute Gasteiger partial charge is 0.398 e. The number of nitrogens with zero attached hydrogens (tertiary/aromatic N) is 2. The van der Waals surface area contributed by atoms with E-state index >= 15 is 0 Å². The first-order valence-electron chi connectivity index (χ1n) is 7.67. The van der Waals surface area contributed by atoms with E-state index in [1.807, 2.05) is 12.3 Å². The highest BCUT2D eigenvalue weighted by Crippen LogP contribution is 2.34. The number of rotatable bonds is 4. The highest BCUT2D eigenvalue weighted by atomic mass is 15.2. The molecule has 0 aromatic carbocycles. The van der Waals surface area contributed by atoms with Crippen LogP contribution in [0.5, 0.6) is 0 Å². The zero-order valence-corrected chi connectivity index (χ0v) is 12.8. The van der Waals surface area contributed by atoms with E-state index in [-0.39, 0.29) is 11.6 Å². The Bertz CT molecular complexity index is 422. The fraction of sp³-hybridized carbons (Fsp3) is 0.688. The van der Waals surface area contributed by atoms with Crippen molar-refractivity contribution in [3.05, 3.63) is 24.0 Å². The smallest absolute Gasteiger partial charge is 0.0378 e. The summed E-state index contributed by atoms with van der Waals surface area (Å²) in [6, 6.07) is 1.96. The van der Waals surface area contributed by atoms with Crippen molar-refractivity contribution in [3.63, 3.8) is 0 Å². The van der Waals surface area contributed by atoms with Crippen LogP contribution in [-0.2, 0) is 6.42 Å². The average Bonchev–Trinajstić information content (AvgIpc) is 2.68. The van der Waals surface area contributed by atoms with Crippen molar-refractivity contribution in [1.29, 1.82) is 0 Å². The molecule has 4 heteroatoms. The minimum absolute atomic E-state index is 0.0960. The third-order valence-corrected chi connectivity index (χ3v) is 4.93. The summed E-state index contributed by atoms with van der Waals surface area (Å²) in [5, 5.41) is 0. The van der Waals surface area contributed by atoms with Gasteiger partial charge in [0, 0.05) is 29.7 Å². The summed E-state index contributed by atoms with van der Waals surface area (Å²) in [6.07, 6.45) is 12.0. The van der Waals surface area contributed by atoms with E-state index in [1.165, 1.54) is 38.5 Å². The van der Waals surface area contributed by atoms with Gasteiger partial charge in [-0.3, -0.25) is 4.98 Å². The Morgan fingerprint density at radius 1 is 1.25 bits per heavy atom. The maximum Gasteiger partial charge on any atom is 0.0378 e. The van der Waals surface area contributed by atoms with Crippen molar-refractivity contribution in [2.75, 3.05) is 19.8 Å². The van der Waals surface area contributed by atoms with Gasteiger partial charge >= 0.3 is 0 Å². The van der Waals surface area contributed by atoms with Gasteiger partial charge in [0.15, 0.2) is 0 Å². The normalized spacial score (nSPS) is 20.6. The molecule has 1 atom stereocenters. The van der Waals surface area contributed by atoms with Crippen molar-refractivity contribution in [2.45, 2.75) is 56.5 Å². The van der Waals surface area contributed by atoms with E-state index in [4.69, 9.17) is 11.5 Å². The van der Waals surface area contributed by atoms with E-state index in [0.717, 1.165) is 17.7 Å². The Morgan fingerprint density at radius 3 is 2.45 bits per heavy atom. The number of nitrogen functional groups attached to an aromatic ring is 1. The molecule has 1 aliphatic carbocycles. The van der Waals surface area contributed by atoms with Gasteiger partial charge in [0.1, 0.15) is 0 Å². The van der Waals surface area contributed by atoms with Crippen molar-refractivity contribution < 1.29 is 0 Å². The van der Waals surface area contributed by atoms with Gasteiger partial charge < -0.3 is 16.4 Å². The summed E-state index contributed by atoms with van der Waals surface area (Å²) < 4.78 is 0. The lowest BCUT2D eigenvalue weighted by Crippen LogP contribution is -2.58. The van der Waals surface area contributed by atoms with Crippen LogP contribution in [0.15, 0.2) is 18.5 Å². The molecular formula is C16H28N4. The monoisotopic (exact) mass is 276 g/mol. The number of likely N-dealkylation sites (N-methyl/N-ethyl adjacent to an activating group) is 1. The van der Waals surface area contributed by atoms with E-state index < -0.39 is 0 Å². The number of aromatic nitrogens is 1. The molecule has 0 bridgehead atoms. The first-order chi connectivity index (χ1) is 9.56. The molecule has 1 aliphatic rings. The molecule has 0 radical (unpaired) electrons. The van der Waals surface area contributed by atoms with Crippen LogP contribution in [0.25, 0.3) is 0 Å². The van der Waals surface area contributed by atoms with E-state index in [9.17, 15) is 0 Å². The number of anilines is 1. The summed E-state index contributed by atoms with van der Waals surface area (Å²) >= 11 is 0. The summed E-state index contributed by atoms with van der Waals surface area (Å²) in [5.74, 6) is 0. The second-order valence-corrected chi connectivity index (χ2v) is 6.30. The standard InChI is InChI=1S/C16H28N4/c1-20(2)16(8-5-3-4-6-9-16)15(18)11-13-12-19-10-7-14(13)17/h7,10,12,15H,3-6,8-9,11,18H2,1-2H3,(H2,17,19). The zero-order valence-electron chi connectivity index (χ0n) is 12.8. The lowest BCUT2D eigenvalue weighted by Gasteiger charge is -2.44. The topological polar surface area (TPSA) is 68.2 Å². The first kappa shape index (κ1) is 15.3.